The number of carboxylic acid groups (broad SMARTS) is 4. The summed E-state index contributed by atoms with van der Waals surface area (Å²) in [4.78, 5) is 293. The van der Waals surface area contributed by atoms with E-state index < -0.39 is 273 Å². The summed E-state index contributed by atoms with van der Waals surface area (Å²) in [6.45, 7) is 8.73. The van der Waals surface area contributed by atoms with E-state index >= 15 is 14.4 Å². The van der Waals surface area contributed by atoms with Crippen LogP contribution < -0.4 is 85.5 Å². The zero-order chi connectivity index (χ0) is 93.4. The molecule has 1 aliphatic rings. The predicted molar refractivity (Wildman–Crippen MR) is 439 cm³/mol. The number of carbonyl (C=O) groups is 21. The molecule has 15 amide bonds. The maximum Gasteiger partial charge on any atom is 0.407 e. The number of carboxylic acids is 4. The molecule has 0 bridgehead atoms. The van der Waals surface area contributed by atoms with Crippen molar-refractivity contribution in [3.05, 3.63) is 78.5 Å². The highest BCUT2D eigenvalue weighted by Crippen LogP contribution is 2.22. The number of alkyl carbamates (subject to hydrolysis) is 1. The predicted octanol–water partition coefficient (Wildman–Crippen LogP) is -3.24. The molecule has 0 saturated carbocycles. The molecule has 1 aliphatic heterocycles. The number of aliphatic carboxylic acids is 4. The second-order valence-electron chi connectivity index (χ2n) is 30.6. The first-order chi connectivity index (χ1) is 58.9. The summed E-state index contributed by atoms with van der Waals surface area (Å²) in [6, 6.07) is -10.9. The second kappa shape index (κ2) is 52.0. The Kier molecular flexibility index (Phi) is 43.1. The van der Waals surface area contributed by atoms with Crippen molar-refractivity contribution < 1.29 is 136 Å². The van der Waals surface area contributed by atoms with Crippen molar-refractivity contribution in [2.24, 2.45) is 5.92 Å². The number of ether oxygens (including phenoxy) is 2. The number of amides is 15. The van der Waals surface area contributed by atoms with Gasteiger partial charge in [-0.2, -0.15) is 0 Å². The number of nitrogens with one attached hydrogen (secondary N) is 16. The van der Waals surface area contributed by atoms with Crippen LogP contribution in [-0.4, -0.2) is 266 Å². The van der Waals surface area contributed by atoms with Gasteiger partial charge in [-0.05, 0) is 83.6 Å². The summed E-state index contributed by atoms with van der Waals surface area (Å²) in [5.41, 5.74) is 5.80. The minimum Gasteiger partial charge on any atom is -0.481 e. The molecule has 13 atom stereocenters. The Bertz CT molecular complexity index is 4390. The number of aromatic amines is 1. The summed E-state index contributed by atoms with van der Waals surface area (Å²) in [7, 11) is 0. The van der Waals surface area contributed by atoms with E-state index in [1.807, 2.05) is 16.0 Å². The van der Waals surface area contributed by atoms with Gasteiger partial charge in [0, 0.05) is 59.7 Å². The fourth-order valence-electron chi connectivity index (χ4n) is 12.5. The lowest BCUT2D eigenvalue weighted by atomic mass is 9.96. The highest BCUT2D eigenvalue weighted by Gasteiger charge is 2.42. The van der Waals surface area contributed by atoms with Crippen LogP contribution >= 0.6 is 0 Å². The third-order valence-electron chi connectivity index (χ3n) is 18.9. The van der Waals surface area contributed by atoms with Gasteiger partial charge in [0.1, 0.15) is 79.2 Å². The molecule has 4 rings (SSSR count). The van der Waals surface area contributed by atoms with Crippen LogP contribution in [0.1, 0.15) is 167 Å². The first-order valence-electron chi connectivity index (χ1n) is 40.2. The molecule has 1 aromatic heterocycles. The van der Waals surface area contributed by atoms with Gasteiger partial charge in [0.05, 0.1) is 51.8 Å². The van der Waals surface area contributed by atoms with E-state index in [-0.39, 0.29) is 43.7 Å². The van der Waals surface area contributed by atoms with E-state index in [2.05, 4.69) is 82.3 Å². The van der Waals surface area contributed by atoms with E-state index in [1.165, 1.54) is 30.3 Å². The molecule has 2 heterocycles. The molecule has 3 aromatic rings. The Morgan fingerprint density at radius 3 is 1.74 bits per heavy atom. The molecule has 1 fully saturated rings. The smallest absolute Gasteiger partial charge is 0.407 e. The highest BCUT2D eigenvalue weighted by molar-refractivity contribution is 6.05. The normalized spacial score (nSPS) is 20.4. The van der Waals surface area contributed by atoms with E-state index in [4.69, 9.17) is 15.2 Å². The van der Waals surface area contributed by atoms with Crippen LogP contribution in [0.2, 0.25) is 0 Å². The number of hydrogen-bond acceptors (Lipinski definition) is 25. The molecule has 0 aliphatic carbocycles. The summed E-state index contributed by atoms with van der Waals surface area (Å²) in [5, 5.41) is 84.5. The van der Waals surface area contributed by atoms with Crippen molar-refractivity contribution in [1.82, 2.24) is 84.7 Å². The number of unbranched alkanes of at least 4 members (excludes halogenated alkanes) is 6. The number of H-pyrrole nitrogens is 1. The lowest BCUT2D eigenvalue weighted by Gasteiger charge is -2.30. The van der Waals surface area contributed by atoms with Crippen molar-refractivity contribution in [2.45, 2.75) is 236 Å². The summed E-state index contributed by atoms with van der Waals surface area (Å²) < 4.78 is 10.6. The van der Waals surface area contributed by atoms with Crippen LogP contribution in [0.3, 0.4) is 0 Å². The Morgan fingerprint density at radius 2 is 1.14 bits per heavy atom. The first-order valence-corrected chi connectivity index (χ1v) is 40.2. The number of ketones is 1. The highest BCUT2D eigenvalue weighted by atomic mass is 16.6. The minimum absolute atomic E-state index is 0.0240. The minimum atomic E-state index is -2.49. The summed E-state index contributed by atoms with van der Waals surface area (Å²) >= 11 is 0. The fourth-order valence-corrected chi connectivity index (χ4v) is 12.5. The Balaban J connectivity index is 1.95. The van der Waals surface area contributed by atoms with Crippen LogP contribution in [0.25, 0.3) is 10.9 Å². The van der Waals surface area contributed by atoms with Gasteiger partial charge in [-0.1, -0.05) is 95.4 Å². The number of aliphatic hydroxyl groups is 1. The summed E-state index contributed by atoms with van der Waals surface area (Å²) in [5.74, 6) is -29.8. The van der Waals surface area contributed by atoms with Gasteiger partial charge in [-0.3, -0.25) is 91.1 Å². The average Bonchev–Trinajstić information content (AvgIpc) is 1.76. The average molecular weight is 1760 g/mol. The number of nitrogens with two attached hydrogens (primary N) is 1. The van der Waals surface area contributed by atoms with Gasteiger partial charge in [0.2, 0.25) is 82.7 Å². The van der Waals surface area contributed by atoms with E-state index in [0.29, 0.717) is 29.3 Å². The topological polar surface area (TPSA) is 700 Å². The molecule has 1 saturated heterocycles. The van der Waals surface area contributed by atoms with Gasteiger partial charge >= 0.3 is 35.9 Å². The Labute approximate surface area is 717 Å². The summed E-state index contributed by atoms with van der Waals surface area (Å²) in [6.07, 6.45) is -2.52. The maximum atomic E-state index is 15.1. The van der Waals surface area contributed by atoms with Gasteiger partial charge in [0.25, 0.3) is 0 Å². The van der Waals surface area contributed by atoms with E-state index in [0.717, 1.165) is 52.9 Å². The number of benzene rings is 2. The molecule has 1 unspecified atom stereocenters. The van der Waals surface area contributed by atoms with Crippen LogP contribution in [0.5, 0.6) is 0 Å². The third kappa shape index (κ3) is 37.3. The monoisotopic (exact) mass is 1760 g/mol. The van der Waals surface area contributed by atoms with Crippen molar-refractivity contribution in [3.8, 4) is 0 Å². The van der Waals surface area contributed by atoms with E-state index in [9.17, 15) is 112 Å². The number of rotatable bonds is 38. The van der Waals surface area contributed by atoms with Crippen LogP contribution in [0, 0.1) is 5.92 Å². The van der Waals surface area contributed by atoms with E-state index in [1.54, 1.807) is 51.2 Å². The molecule has 23 N–H and O–H groups in total. The quantitative estimate of drug-likeness (QED) is 0.00881. The number of aromatic nitrogens is 1. The number of nitrogen functional groups attached to an aromatic ring is 1. The lowest BCUT2D eigenvalue weighted by molar-refractivity contribution is -0.156. The lowest BCUT2D eigenvalue weighted by Crippen LogP contribution is -2.62. The van der Waals surface area contributed by atoms with Gasteiger partial charge in [-0.15, -0.1) is 0 Å². The molecule has 686 valence electrons. The number of fused-ring (bicyclic) bond motifs is 1. The SMILES string of the molecule is C=CCOC(=O)NCCC[C@@H]1NC(=O)CNC(=O)[C@@H](NC(=O)[C@H](CC(=O)O)NC(=O)[C@H](CC(=O)NC(C)(C)C)NC(=O)[C@H](Cc2c[nH]c3ccccc23)NC(=O)CCCCCCCCC)[C@@H](C)OC(=O)[C@H](CC(=O)c2ccccc2N)NC(=O)[C@H](C(C)CC(=O)O)NC(=O)[C@@H](CO)NC(=O)CNC(=O)[C@H](CC(=O)O)NC(=O)[C@@H](C)NC(=O)[C@H](CC(=O)O)NC1=O. The molecular formula is C80H113N17O28. The molecule has 0 spiro atoms. The van der Waals surface area contributed by atoms with Gasteiger partial charge in [0.15, 0.2) is 5.78 Å². The number of esters is 1. The van der Waals surface area contributed by atoms with Crippen molar-refractivity contribution in [1.29, 1.82) is 0 Å². The number of para-hydroxylation sites is 2. The zero-order valence-corrected chi connectivity index (χ0v) is 70.2. The Hall–Kier alpha value is -13.6. The second-order valence-corrected chi connectivity index (χ2v) is 30.6. The van der Waals surface area contributed by atoms with Crippen molar-refractivity contribution >= 4 is 141 Å². The van der Waals surface area contributed by atoms with Crippen LogP contribution in [0.4, 0.5) is 10.5 Å². The van der Waals surface area contributed by atoms with Gasteiger partial charge < -0.3 is 125 Å². The fraction of sp³-hybridized carbons (Fsp3) is 0.537. The molecule has 45 nitrogen and oxygen atoms in total. The number of Topliss-reactive ketones (excluding diaryl/α,β-unsaturated/α-hetero) is 1. The number of carbonyl (C=O) groups excluding carboxylic acids is 17. The Morgan fingerprint density at radius 1 is 0.584 bits per heavy atom. The van der Waals surface area contributed by atoms with Crippen molar-refractivity contribution in [2.75, 3.05) is 38.6 Å². The largest absolute Gasteiger partial charge is 0.481 e. The van der Waals surface area contributed by atoms with Crippen LogP contribution in [0.15, 0.2) is 67.4 Å². The number of aliphatic hydroxyl groups excluding tert-OH is 1. The standard InChI is InChI=1S/C80H113N17O28/c1-9-11-12-13-14-15-16-27-58(100)88-50(31-44-37-83-48-25-20-18-22-45(44)48)72(116)91-51(33-59(101)97-80(6,7)8)73(117)93-54(36-65(110)111)74(118)96-67-43(5)125-78(122)55(32-57(99)46-23-17-19-24-47(46)81)94-77(121)66(41(3)30-62(104)105)95-75(119)56(40-98)89-61(103)38-84-69(113)52(34-63(106)107)90-68(112)42(4)86-71(115)53(35-64(108)109)92-70(114)49(87-60(102)39-85-76(67)120)26-21-28-82-79(123)124-29-10-2/h10,17-20,22-25,37,41-43,49-56,66-67,83,98H,2,9,11-16,21,26-36,38-40,81H2,1,3-8H3,(H,82,123)(H,84,113)(H,85,120)(H,86,115)(H,87,102)(H,88,100)(H,89,103)(H,90,112)(H,91,116)(H,92,114)(H,93,117)(H,94,121)(H,95,119)(H,96,118)(H,97,101)(H,104,105)(H,106,107)(H,108,109)(H,110,111)/t41?,42-,43-,49+,50+,51+,52+,53+,54+,55+,56-,66+,67+/m1/s1. The molecule has 45 heteroatoms. The zero-order valence-electron chi connectivity index (χ0n) is 70.2. The molecule has 2 aromatic carbocycles. The van der Waals surface area contributed by atoms with Gasteiger partial charge in [-0.25, -0.2) is 9.59 Å². The first kappa shape index (κ1) is 104. The van der Waals surface area contributed by atoms with Crippen LogP contribution in [-0.2, 0) is 107 Å². The number of cyclic esters (lactones) is 1. The van der Waals surface area contributed by atoms with Crippen molar-refractivity contribution in [3.63, 3.8) is 0 Å². The maximum absolute atomic E-state index is 15.1. The molecular weight excluding hydrogens is 1650 g/mol. The molecule has 0 radical (unpaired) electrons. The number of anilines is 1. The number of hydrogen-bond donors (Lipinski definition) is 22. The third-order valence-corrected chi connectivity index (χ3v) is 18.9. The molecule has 125 heavy (non-hydrogen) atoms.